The van der Waals surface area contributed by atoms with Crippen molar-refractivity contribution in [3.63, 3.8) is 0 Å². The molecule has 146 valence electrons. The molecule has 0 unspecified atom stereocenters. The average molecular weight is 391 g/mol. The van der Waals surface area contributed by atoms with E-state index in [1.165, 1.54) is 13.2 Å². The van der Waals surface area contributed by atoms with E-state index in [4.69, 9.17) is 4.74 Å². The van der Waals surface area contributed by atoms with E-state index < -0.39 is 15.9 Å². The van der Waals surface area contributed by atoms with Crippen LogP contribution in [-0.4, -0.2) is 44.8 Å². The number of carbonyl (C=O) groups excluding carboxylic acids is 1. The van der Waals surface area contributed by atoms with Gasteiger partial charge in [-0.15, -0.1) is 0 Å². The summed E-state index contributed by atoms with van der Waals surface area (Å²) < 4.78 is 28.5. The number of benzene rings is 2. The van der Waals surface area contributed by atoms with Gasteiger partial charge < -0.3 is 15.2 Å². The molecule has 0 saturated carbocycles. The van der Waals surface area contributed by atoms with Gasteiger partial charge in [-0.25, -0.2) is 8.42 Å². The molecule has 27 heavy (non-hydrogen) atoms. The first kappa shape index (κ1) is 21.1. The lowest BCUT2D eigenvalue weighted by molar-refractivity contribution is 0.101. The Hall–Kier alpha value is -2.22. The smallest absolute Gasteiger partial charge is 0.175 e. The standard InChI is InChI=1S/C20H25NO5S/c1-14(16-6-10-20(11-7-16)27(3,24)25)21-12-18(23)13-26-19-8-4-17(5-9-19)15(2)22/h4-11,14,18,21,23H,12-13H2,1-3H3/t14-,18-/m0/s1. The number of carbonyl (C=O) groups is 1. The number of hydrogen-bond acceptors (Lipinski definition) is 6. The van der Waals surface area contributed by atoms with E-state index in [-0.39, 0.29) is 23.3 Å². The van der Waals surface area contributed by atoms with Crippen molar-refractivity contribution in [3.05, 3.63) is 59.7 Å². The molecule has 2 aromatic carbocycles. The molecule has 2 atom stereocenters. The summed E-state index contributed by atoms with van der Waals surface area (Å²) in [5.74, 6) is 0.577. The van der Waals surface area contributed by atoms with Gasteiger partial charge >= 0.3 is 0 Å². The third-order valence-corrected chi connectivity index (χ3v) is 5.30. The van der Waals surface area contributed by atoms with Crippen molar-refractivity contribution in [1.29, 1.82) is 0 Å². The van der Waals surface area contributed by atoms with Gasteiger partial charge in [0.1, 0.15) is 18.5 Å². The SMILES string of the molecule is CC(=O)c1ccc(OC[C@@H](O)CN[C@@H](C)c2ccc(S(C)(=O)=O)cc2)cc1. The van der Waals surface area contributed by atoms with Crippen LogP contribution in [0.2, 0.25) is 0 Å². The monoisotopic (exact) mass is 391 g/mol. The molecule has 0 aliphatic rings. The largest absolute Gasteiger partial charge is 0.491 e. The zero-order valence-corrected chi connectivity index (χ0v) is 16.5. The van der Waals surface area contributed by atoms with Gasteiger partial charge in [0.2, 0.25) is 0 Å². The lowest BCUT2D eigenvalue weighted by atomic mass is 10.1. The summed E-state index contributed by atoms with van der Waals surface area (Å²) >= 11 is 0. The van der Waals surface area contributed by atoms with Gasteiger partial charge in [-0.3, -0.25) is 4.79 Å². The van der Waals surface area contributed by atoms with Gasteiger partial charge in [-0.1, -0.05) is 12.1 Å². The van der Waals surface area contributed by atoms with Crippen LogP contribution in [0, 0.1) is 0 Å². The average Bonchev–Trinajstić information content (AvgIpc) is 2.64. The van der Waals surface area contributed by atoms with Crippen molar-refractivity contribution in [1.82, 2.24) is 5.32 Å². The quantitative estimate of drug-likeness (QED) is 0.638. The minimum Gasteiger partial charge on any atom is -0.491 e. The molecule has 0 aromatic heterocycles. The van der Waals surface area contributed by atoms with Crippen LogP contribution in [0.3, 0.4) is 0 Å². The highest BCUT2D eigenvalue weighted by molar-refractivity contribution is 7.90. The number of Topliss-reactive ketones (excluding diaryl/α,β-unsaturated/α-hetero) is 1. The predicted molar refractivity (Wildman–Crippen MR) is 104 cm³/mol. The van der Waals surface area contributed by atoms with Crippen molar-refractivity contribution >= 4 is 15.6 Å². The maximum absolute atomic E-state index is 11.5. The molecule has 2 rings (SSSR count). The molecule has 2 N–H and O–H groups in total. The highest BCUT2D eigenvalue weighted by atomic mass is 32.2. The molecule has 0 heterocycles. The van der Waals surface area contributed by atoms with Crippen molar-refractivity contribution in [2.24, 2.45) is 0 Å². The number of ketones is 1. The van der Waals surface area contributed by atoms with Gasteiger partial charge in [-0.2, -0.15) is 0 Å². The molecule has 6 nitrogen and oxygen atoms in total. The zero-order chi connectivity index (χ0) is 20.0. The summed E-state index contributed by atoms with van der Waals surface area (Å²) in [4.78, 5) is 11.5. The Kier molecular flexibility index (Phi) is 7.12. The summed E-state index contributed by atoms with van der Waals surface area (Å²) in [6.07, 6.45) is 0.462. The number of aliphatic hydroxyl groups is 1. The fraction of sp³-hybridized carbons (Fsp3) is 0.350. The van der Waals surface area contributed by atoms with Crippen LogP contribution in [0.15, 0.2) is 53.4 Å². The maximum Gasteiger partial charge on any atom is 0.175 e. The van der Waals surface area contributed by atoms with Gasteiger partial charge in [-0.05, 0) is 55.8 Å². The Bertz CT molecular complexity index is 860. The maximum atomic E-state index is 11.5. The van der Waals surface area contributed by atoms with E-state index in [9.17, 15) is 18.3 Å². The predicted octanol–water partition coefficient (Wildman–Crippen LogP) is 2.38. The molecular weight excluding hydrogens is 366 g/mol. The number of rotatable bonds is 9. The Balaban J connectivity index is 1.80. The summed E-state index contributed by atoms with van der Waals surface area (Å²) in [7, 11) is -3.21. The van der Waals surface area contributed by atoms with E-state index >= 15 is 0 Å². The second-order valence-electron chi connectivity index (χ2n) is 6.52. The van der Waals surface area contributed by atoms with Crippen LogP contribution in [0.1, 0.15) is 35.8 Å². The van der Waals surface area contributed by atoms with Crippen LogP contribution in [0.5, 0.6) is 5.75 Å². The lowest BCUT2D eigenvalue weighted by Crippen LogP contribution is -2.33. The molecule has 0 aliphatic heterocycles. The Labute approximate surface area is 160 Å². The first-order chi connectivity index (χ1) is 12.7. The molecule has 0 aliphatic carbocycles. The second kappa shape index (κ2) is 9.12. The minimum absolute atomic E-state index is 0.00987. The molecule has 0 fully saturated rings. The van der Waals surface area contributed by atoms with Gasteiger partial charge in [0.05, 0.1) is 4.90 Å². The van der Waals surface area contributed by atoms with Crippen LogP contribution in [0.25, 0.3) is 0 Å². The second-order valence-corrected chi connectivity index (χ2v) is 8.53. The zero-order valence-electron chi connectivity index (χ0n) is 15.7. The number of aliphatic hydroxyl groups excluding tert-OH is 1. The van der Waals surface area contributed by atoms with Crippen LogP contribution in [-0.2, 0) is 9.84 Å². The number of sulfone groups is 1. The third-order valence-electron chi connectivity index (χ3n) is 4.17. The van der Waals surface area contributed by atoms with Crippen molar-refractivity contribution in [2.75, 3.05) is 19.4 Å². The fourth-order valence-electron chi connectivity index (χ4n) is 2.47. The van der Waals surface area contributed by atoms with E-state index in [0.717, 1.165) is 5.56 Å². The molecule has 0 amide bonds. The van der Waals surface area contributed by atoms with E-state index in [2.05, 4.69) is 5.32 Å². The molecule has 0 spiro atoms. The normalized spacial score (nSPS) is 13.8. The van der Waals surface area contributed by atoms with Crippen molar-refractivity contribution < 1.29 is 23.1 Å². The molecular formula is C20H25NO5S. The Morgan fingerprint density at radius 2 is 1.70 bits per heavy atom. The Morgan fingerprint density at radius 3 is 2.22 bits per heavy atom. The first-order valence-corrected chi connectivity index (χ1v) is 10.5. The van der Waals surface area contributed by atoms with Crippen molar-refractivity contribution in [2.45, 2.75) is 30.9 Å². The van der Waals surface area contributed by atoms with Crippen molar-refractivity contribution in [3.8, 4) is 5.75 Å². The van der Waals surface area contributed by atoms with E-state index in [1.807, 2.05) is 6.92 Å². The van der Waals surface area contributed by atoms with Gasteiger partial charge in [0.25, 0.3) is 0 Å². The number of ether oxygens (including phenoxy) is 1. The molecule has 0 bridgehead atoms. The minimum atomic E-state index is -3.21. The van der Waals surface area contributed by atoms with Gasteiger partial charge in [0.15, 0.2) is 15.6 Å². The first-order valence-electron chi connectivity index (χ1n) is 8.62. The van der Waals surface area contributed by atoms with E-state index in [0.29, 0.717) is 17.9 Å². The van der Waals surface area contributed by atoms with Crippen LogP contribution >= 0.6 is 0 Å². The topological polar surface area (TPSA) is 92.7 Å². The summed E-state index contributed by atoms with van der Waals surface area (Å²) in [5.41, 5.74) is 1.54. The fourth-order valence-corrected chi connectivity index (χ4v) is 3.10. The summed E-state index contributed by atoms with van der Waals surface area (Å²) in [6, 6.07) is 13.4. The summed E-state index contributed by atoms with van der Waals surface area (Å²) in [5, 5.41) is 13.3. The molecule has 2 aromatic rings. The van der Waals surface area contributed by atoms with Crippen LogP contribution < -0.4 is 10.1 Å². The highest BCUT2D eigenvalue weighted by Gasteiger charge is 2.12. The highest BCUT2D eigenvalue weighted by Crippen LogP contribution is 2.16. The molecule has 0 saturated heterocycles. The molecule has 0 radical (unpaired) electrons. The van der Waals surface area contributed by atoms with Crippen LogP contribution in [0.4, 0.5) is 0 Å². The molecule has 7 heteroatoms. The number of hydrogen-bond donors (Lipinski definition) is 2. The number of nitrogens with one attached hydrogen (secondary N) is 1. The van der Waals surface area contributed by atoms with Gasteiger partial charge in [0, 0.05) is 24.4 Å². The Morgan fingerprint density at radius 1 is 1.11 bits per heavy atom. The summed E-state index contributed by atoms with van der Waals surface area (Å²) in [6.45, 7) is 3.87. The third kappa shape index (κ3) is 6.46. The lowest BCUT2D eigenvalue weighted by Gasteiger charge is -2.18. The van der Waals surface area contributed by atoms with E-state index in [1.54, 1.807) is 48.5 Å².